The molecule has 1 fully saturated rings. The highest BCUT2D eigenvalue weighted by Crippen LogP contribution is 2.23. The first-order valence-electron chi connectivity index (χ1n) is 10.1. The molecular weight excluding hydrogens is 384 g/mol. The third-order valence-corrected chi connectivity index (χ3v) is 5.21. The number of amides is 1. The molecule has 0 spiro atoms. The summed E-state index contributed by atoms with van der Waals surface area (Å²) >= 11 is 0. The Morgan fingerprint density at radius 2 is 2.17 bits per heavy atom. The number of fused-ring (bicyclic) bond motifs is 1. The maximum Gasteiger partial charge on any atom is 0.231 e. The van der Waals surface area contributed by atoms with Gasteiger partial charge in [-0.1, -0.05) is 12.1 Å². The van der Waals surface area contributed by atoms with Crippen molar-refractivity contribution in [3.63, 3.8) is 0 Å². The van der Waals surface area contributed by atoms with Gasteiger partial charge in [-0.3, -0.25) is 4.79 Å². The highest BCUT2D eigenvalue weighted by molar-refractivity contribution is 5.78. The van der Waals surface area contributed by atoms with Crippen LogP contribution in [0.15, 0.2) is 36.4 Å². The molecule has 1 amide bonds. The fourth-order valence-electron chi connectivity index (χ4n) is 3.65. The number of benzene rings is 1. The monoisotopic (exact) mass is 410 g/mol. The number of nitrogens with one attached hydrogen (secondary N) is 1. The van der Waals surface area contributed by atoms with Crippen LogP contribution < -0.4 is 14.8 Å². The molecule has 0 radical (unpaired) electrons. The molecule has 0 bridgehead atoms. The minimum Gasteiger partial charge on any atom is -0.497 e. The maximum atomic E-state index is 12.3. The van der Waals surface area contributed by atoms with E-state index >= 15 is 0 Å². The molecule has 2 aromatic heterocycles. The number of hydrogen-bond acceptors (Lipinski definition) is 7. The second-order valence-corrected chi connectivity index (χ2v) is 7.44. The average Bonchev–Trinajstić information content (AvgIpc) is 3.20. The van der Waals surface area contributed by atoms with Crippen molar-refractivity contribution in [3.05, 3.63) is 36.4 Å². The van der Waals surface area contributed by atoms with Gasteiger partial charge in [0.25, 0.3) is 0 Å². The number of methoxy groups -OCH3 is 1. The number of rotatable bonds is 7. The Morgan fingerprint density at radius 1 is 1.27 bits per heavy atom. The summed E-state index contributed by atoms with van der Waals surface area (Å²) in [5.41, 5.74) is 1.46. The smallest absolute Gasteiger partial charge is 0.231 e. The summed E-state index contributed by atoms with van der Waals surface area (Å²) in [6, 6.07) is 11.1. The van der Waals surface area contributed by atoms with Gasteiger partial charge in [-0.25, -0.2) is 0 Å². The van der Waals surface area contributed by atoms with E-state index in [-0.39, 0.29) is 11.8 Å². The predicted molar refractivity (Wildman–Crippen MR) is 111 cm³/mol. The van der Waals surface area contributed by atoms with Crippen LogP contribution in [0.1, 0.15) is 12.8 Å². The molecule has 1 aliphatic heterocycles. The summed E-state index contributed by atoms with van der Waals surface area (Å²) in [4.78, 5) is 14.5. The Hall–Kier alpha value is -3.20. The van der Waals surface area contributed by atoms with Crippen LogP contribution in [0.3, 0.4) is 0 Å². The van der Waals surface area contributed by atoms with Gasteiger partial charge in [-0.05, 0) is 44.6 Å². The van der Waals surface area contributed by atoms with Crippen molar-refractivity contribution in [2.45, 2.75) is 12.8 Å². The Labute approximate surface area is 175 Å². The molecule has 1 aliphatic rings. The fourth-order valence-corrected chi connectivity index (χ4v) is 3.65. The first kappa shape index (κ1) is 20.1. The first-order valence-corrected chi connectivity index (χ1v) is 10.1. The van der Waals surface area contributed by atoms with E-state index in [9.17, 15) is 4.79 Å². The molecule has 1 saturated heterocycles. The standard InChI is InChI=1S/C21H26N6O3/c1-26-11-4-6-16(14-26)21(28)22-10-12-30-19-9-8-18-23-24-20(27(18)25-19)15-5-3-7-17(13-15)29-2/h3,5,7-9,13,16H,4,6,10-12,14H2,1-2H3,(H,22,28). The predicted octanol–water partition coefficient (Wildman–Crippen LogP) is 1.64. The summed E-state index contributed by atoms with van der Waals surface area (Å²) in [5.74, 6) is 1.92. The lowest BCUT2D eigenvalue weighted by atomic mass is 9.98. The summed E-state index contributed by atoms with van der Waals surface area (Å²) in [6.07, 6.45) is 2.00. The summed E-state index contributed by atoms with van der Waals surface area (Å²) in [6.45, 7) is 2.64. The Bertz CT molecular complexity index is 1020. The third-order valence-electron chi connectivity index (χ3n) is 5.21. The zero-order valence-corrected chi connectivity index (χ0v) is 17.2. The van der Waals surface area contributed by atoms with Gasteiger partial charge < -0.3 is 19.7 Å². The normalized spacial score (nSPS) is 17.1. The lowest BCUT2D eigenvalue weighted by Crippen LogP contribution is -2.42. The number of hydrogen-bond donors (Lipinski definition) is 1. The van der Waals surface area contributed by atoms with E-state index in [4.69, 9.17) is 9.47 Å². The van der Waals surface area contributed by atoms with Gasteiger partial charge >= 0.3 is 0 Å². The van der Waals surface area contributed by atoms with E-state index in [0.29, 0.717) is 30.5 Å². The van der Waals surface area contributed by atoms with Crippen LogP contribution in [0.25, 0.3) is 17.0 Å². The lowest BCUT2D eigenvalue weighted by Gasteiger charge is -2.28. The Balaban J connectivity index is 1.37. The second kappa shape index (κ2) is 9.08. The molecule has 4 rings (SSSR count). The van der Waals surface area contributed by atoms with Crippen molar-refractivity contribution >= 4 is 11.6 Å². The minimum absolute atomic E-state index is 0.0562. The van der Waals surface area contributed by atoms with Crippen LogP contribution in [-0.4, -0.2) is 71.0 Å². The largest absolute Gasteiger partial charge is 0.497 e. The molecule has 3 heterocycles. The molecule has 0 saturated carbocycles. The number of carbonyl (C=O) groups excluding carboxylic acids is 1. The minimum atomic E-state index is 0.0562. The zero-order valence-electron chi connectivity index (χ0n) is 17.2. The molecule has 1 N–H and O–H groups in total. The van der Waals surface area contributed by atoms with Crippen molar-refractivity contribution in [1.29, 1.82) is 0 Å². The topological polar surface area (TPSA) is 93.9 Å². The van der Waals surface area contributed by atoms with Crippen LogP contribution in [0.2, 0.25) is 0 Å². The van der Waals surface area contributed by atoms with Crippen molar-refractivity contribution in [2.75, 3.05) is 40.4 Å². The third kappa shape index (κ3) is 4.51. The summed E-state index contributed by atoms with van der Waals surface area (Å²) in [7, 11) is 3.67. The number of aromatic nitrogens is 4. The number of ether oxygens (including phenoxy) is 2. The van der Waals surface area contributed by atoms with Gasteiger partial charge in [0.15, 0.2) is 11.5 Å². The van der Waals surface area contributed by atoms with Crippen LogP contribution in [0.5, 0.6) is 11.6 Å². The van der Waals surface area contributed by atoms with Gasteiger partial charge in [-0.2, -0.15) is 4.52 Å². The van der Waals surface area contributed by atoms with Gasteiger partial charge in [0, 0.05) is 18.2 Å². The van der Waals surface area contributed by atoms with E-state index in [1.54, 1.807) is 23.8 Å². The fraction of sp³-hybridized carbons (Fsp3) is 0.429. The van der Waals surface area contributed by atoms with Crippen LogP contribution >= 0.6 is 0 Å². The van der Waals surface area contributed by atoms with Gasteiger partial charge in [0.2, 0.25) is 11.8 Å². The van der Waals surface area contributed by atoms with Crippen molar-refractivity contribution in [3.8, 4) is 23.0 Å². The molecular formula is C21H26N6O3. The molecule has 1 aromatic carbocycles. The van der Waals surface area contributed by atoms with E-state index < -0.39 is 0 Å². The summed E-state index contributed by atoms with van der Waals surface area (Å²) < 4.78 is 12.7. The number of nitrogens with zero attached hydrogens (tertiary/aromatic N) is 5. The van der Waals surface area contributed by atoms with Crippen LogP contribution in [0.4, 0.5) is 0 Å². The quantitative estimate of drug-likeness (QED) is 0.592. The van der Waals surface area contributed by atoms with Gasteiger partial charge in [0.05, 0.1) is 19.6 Å². The number of likely N-dealkylation sites (tertiary alicyclic amines) is 1. The maximum absolute atomic E-state index is 12.3. The first-order chi connectivity index (χ1) is 14.6. The molecule has 1 atom stereocenters. The highest BCUT2D eigenvalue weighted by Gasteiger charge is 2.23. The molecule has 9 nitrogen and oxygen atoms in total. The van der Waals surface area contributed by atoms with Crippen LogP contribution in [-0.2, 0) is 4.79 Å². The van der Waals surface area contributed by atoms with Crippen molar-refractivity contribution < 1.29 is 14.3 Å². The van der Waals surface area contributed by atoms with E-state index in [2.05, 4.69) is 32.6 Å². The second-order valence-electron chi connectivity index (χ2n) is 7.44. The van der Waals surface area contributed by atoms with Crippen molar-refractivity contribution in [1.82, 2.24) is 30.0 Å². The van der Waals surface area contributed by atoms with Crippen molar-refractivity contribution in [2.24, 2.45) is 5.92 Å². The SMILES string of the molecule is COc1cccc(-c2nnc3ccc(OCCNC(=O)C4CCCN(C)C4)nn23)c1. The van der Waals surface area contributed by atoms with E-state index in [1.165, 1.54) is 0 Å². The number of carbonyl (C=O) groups is 1. The zero-order chi connectivity index (χ0) is 20.9. The lowest BCUT2D eigenvalue weighted by molar-refractivity contribution is -0.126. The van der Waals surface area contributed by atoms with Gasteiger partial charge in [-0.15, -0.1) is 15.3 Å². The molecule has 3 aromatic rings. The molecule has 1 unspecified atom stereocenters. The Morgan fingerprint density at radius 3 is 3.00 bits per heavy atom. The van der Waals surface area contributed by atoms with E-state index in [1.807, 2.05) is 24.3 Å². The molecule has 9 heteroatoms. The molecule has 30 heavy (non-hydrogen) atoms. The molecule has 0 aliphatic carbocycles. The highest BCUT2D eigenvalue weighted by atomic mass is 16.5. The number of piperidine rings is 1. The Kier molecular flexibility index (Phi) is 6.08. The van der Waals surface area contributed by atoms with Gasteiger partial charge in [0.1, 0.15) is 12.4 Å². The summed E-state index contributed by atoms with van der Waals surface area (Å²) in [5, 5.41) is 15.9. The molecule has 158 valence electrons. The van der Waals surface area contributed by atoms with E-state index in [0.717, 1.165) is 37.2 Å². The van der Waals surface area contributed by atoms with Crippen LogP contribution in [0, 0.1) is 5.92 Å². The average molecular weight is 410 g/mol.